The highest BCUT2D eigenvalue weighted by molar-refractivity contribution is 5.17. The molecule has 0 aliphatic carbocycles. The maximum Gasteiger partial charge on any atom is 0.315 e. The summed E-state index contributed by atoms with van der Waals surface area (Å²) in [4.78, 5) is 0. The van der Waals surface area contributed by atoms with E-state index in [2.05, 4.69) is 27.8 Å². The minimum atomic E-state index is 0.0933. The largest absolute Gasteiger partial charge is 0.406 e. The van der Waals surface area contributed by atoms with Crippen LogP contribution in [0.4, 0.5) is 6.01 Å². The van der Waals surface area contributed by atoms with Crippen molar-refractivity contribution in [1.29, 1.82) is 0 Å². The summed E-state index contributed by atoms with van der Waals surface area (Å²) in [6, 6.07) is 0.571. The van der Waals surface area contributed by atoms with E-state index in [1.165, 1.54) is 0 Å². The van der Waals surface area contributed by atoms with Gasteiger partial charge in [-0.25, -0.2) is 0 Å². The van der Waals surface area contributed by atoms with Crippen LogP contribution >= 0.6 is 0 Å². The molecule has 0 radical (unpaired) electrons. The van der Waals surface area contributed by atoms with Crippen LogP contribution in [-0.2, 0) is 4.74 Å². The van der Waals surface area contributed by atoms with Gasteiger partial charge in [-0.1, -0.05) is 12.0 Å². The molecule has 0 saturated carbocycles. The number of hydrogen-bond donors (Lipinski definition) is 2. The topological polar surface area (TPSA) is 72.2 Å². The zero-order valence-electron chi connectivity index (χ0n) is 11.1. The second-order valence-corrected chi connectivity index (χ2v) is 4.64. The smallest absolute Gasteiger partial charge is 0.315 e. The van der Waals surface area contributed by atoms with Crippen molar-refractivity contribution >= 4 is 6.01 Å². The highest BCUT2D eigenvalue weighted by atomic mass is 16.5. The fourth-order valence-corrected chi connectivity index (χ4v) is 1.94. The summed E-state index contributed by atoms with van der Waals surface area (Å²) in [6.07, 6.45) is 3.60. The molecule has 0 spiro atoms. The standard InChI is InChI=1S/C12H22N4O2/c1-3-6-13-9(2)11-15-16-12(18-11)14-8-10-5-4-7-17-10/h9-10,13H,3-8H2,1-2H3,(H,14,16). The van der Waals surface area contributed by atoms with Gasteiger partial charge in [-0.3, -0.25) is 0 Å². The van der Waals surface area contributed by atoms with Crippen molar-refractivity contribution in [2.75, 3.05) is 25.0 Å². The van der Waals surface area contributed by atoms with Crippen LogP contribution in [0.15, 0.2) is 4.42 Å². The molecule has 1 aromatic rings. The second-order valence-electron chi connectivity index (χ2n) is 4.64. The van der Waals surface area contributed by atoms with E-state index in [1.54, 1.807) is 0 Å². The third-order valence-corrected chi connectivity index (χ3v) is 3.02. The number of anilines is 1. The molecule has 1 aliphatic heterocycles. The monoisotopic (exact) mass is 254 g/mol. The van der Waals surface area contributed by atoms with E-state index < -0.39 is 0 Å². The minimum absolute atomic E-state index is 0.0933. The molecule has 1 saturated heterocycles. The van der Waals surface area contributed by atoms with E-state index in [4.69, 9.17) is 9.15 Å². The van der Waals surface area contributed by atoms with Crippen molar-refractivity contribution < 1.29 is 9.15 Å². The van der Waals surface area contributed by atoms with Crippen molar-refractivity contribution in [3.8, 4) is 0 Å². The van der Waals surface area contributed by atoms with Crippen LogP contribution in [0.1, 0.15) is 45.0 Å². The van der Waals surface area contributed by atoms with Crippen molar-refractivity contribution in [3.63, 3.8) is 0 Å². The Labute approximate surface area is 107 Å². The van der Waals surface area contributed by atoms with Gasteiger partial charge in [0.05, 0.1) is 12.1 Å². The summed E-state index contributed by atoms with van der Waals surface area (Å²) in [5.41, 5.74) is 0. The molecule has 102 valence electrons. The average molecular weight is 254 g/mol. The second kappa shape index (κ2) is 6.70. The van der Waals surface area contributed by atoms with Crippen LogP contribution in [0.25, 0.3) is 0 Å². The maximum absolute atomic E-state index is 5.55. The van der Waals surface area contributed by atoms with E-state index in [0.29, 0.717) is 11.9 Å². The van der Waals surface area contributed by atoms with E-state index in [9.17, 15) is 0 Å². The normalized spacial score (nSPS) is 21.1. The summed E-state index contributed by atoms with van der Waals surface area (Å²) in [6.45, 7) is 6.69. The Balaban J connectivity index is 1.77. The van der Waals surface area contributed by atoms with Crippen LogP contribution in [0, 0.1) is 0 Å². The average Bonchev–Trinajstić information content (AvgIpc) is 3.04. The molecule has 0 amide bonds. The lowest BCUT2D eigenvalue weighted by atomic mass is 10.2. The minimum Gasteiger partial charge on any atom is -0.406 e. The third-order valence-electron chi connectivity index (χ3n) is 3.02. The first-order chi connectivity index (χ1) is 8.79. The number of ether oxygens (including phenoxy) is 1. The fourth-order valence-electron chi connectivity index (χ4n) is 1.94. The predicted octanol–water partition coefficient (Wildman–Crippen LogP) is 1.72. The first-order valence-corrected chi connectivity index (χ1v) is 6.72. The molecule has 2 unspecified atom stereocenters. The molecule has 2 atom stereocenters. The van der Waals surface area contributed by atoms with Crippen LogP contribution in [0.2, 0.25) is 0 Å². The summed E-state index contributed by atoms with van der Waals surface area (Å²) >= 11 is 0. The summed E-state index contributed by atoms with van der Waals surface area (Å²) < 4.78 is 11.1. The van der Waals surface area contributed by atoms with Gasteiger partial charge in [-0.05, 0) is 32.7 Å². The van der Waals surface area contributed by atoms with Gasteiger partial charge >= 0.3 is 6.01 Å². The van der Waals surface area contributed by atoms with Gasteiger partial charge in [-0.15, -0.1) is 5.10 Å². The molecule has 0 aromatic carbocycles. The van der Waals surface area contributed by atoms with Gasteiger partial charge in [0.2, 0.25) is 5.89 Å². The fraction of sp³-hybridized carbons (Fsp3) is 0.833. The Morgan fingerprint density at radius 2 is 2.33 bits per heavy atom. The number of rotatable bonds is 7. The molecule has 2 rings (SSSR count). The Hall–Kier alpha value is -1.14. The van der Waals surface area contributed by atoms with Gasteiger partial charge in [0.25, 0.3) is 0 Å². The Morgan fingerprint density at radius 3 is 3.06 bits per heavy atom. The maximum atomic E-state index is 5.55. The predicted molar refractivity (Wildman–Crippen MR) is 68.5 cm³/mol. The van der Waals surface area contributed by atoms with Crippen LogP contribution in [-0.4, -0.2) is 36.0 Å². The highest BCUT2D eigenvalue weighted by Gasteiger charge is 2.17. The van der Waals surface area contributed by atoms with E-state index in [0.717, 1.165) is 39.0 Å². The number of hydrogen-bond acceptors (Lipinski definition) is 6. The molecule has 2 heterocycles. The van der Waals surface area contributed by atoms with E-state index in [1.807, 2.05) is 6.92 Å². The van der Waals surface area contributed by atoms with Crippen LogP contribution < -0.4 is 10.6 Å². The first kappa shape index (κ1) is 13.3. The zero-order valence-corrected chi connectivity index (χ0v) is 11.1. The van der Waals surface area contributed by atoms with Crippen molar-refractivity contribution in [2.24, 2.45) is 0 Å². The zero-order chi connectivity index (χ0) is 12.8. The molecule has 1 fully saturated rings. The molecule has 2 N–H and O–H groups in total. The lowest BCUT2D eigenvalue weighted by Gasteiger charge is -2.09. The lowest BCUT2D eigenvalue weighted by molar-refractivity contribution is 0.120. The van der Waals surface area contributed by atoms with Gasteiger partial charge in [-0.2, -0.15) is 0 Å². The SMILES string of the molecule is CCCNC(C)c1nnc(NCC2CCCO2)o1. The summed E-state index contributed by atoms with van der Waals surface area (Å²) in [7, 11) is 0. The Kier molecular flexibility index (Phi) is 4.95. The molecule has 0 bridgehead atoms. The Morgan fingerprint density at radius 1 is 1.44 bits per heavy atom. The number of nitrogens with zero attached hydrogens (tertiary/aromatic N) is 2. The van der Waals surface area contributed by atoms with Crippen molar-refractivity contribution in [3.05, 3.63) is 5.89 Å². The first-order valence-electron chi connectivity index (χ1n) is 6.72. The molecule has 6 nitrogen and oxygen atoms in total. The van der Waals surface area contributed by atoms with Gasteiger partial charge in [0.15, 0.2) is 0 Å². The van der Waals surface area contributed by atoms with E-state index >= 15 is 0 Å². The number of nitrogens with one attached hydrogen (secondary N) is 2. The van der Waals surface area contributed by atoms with Crippen molar-refractivity contribution in [1.82, 2.24) is 15.5 Å². The number of aromatic nitrogens is 2. The van der Waals surface area contributed by atoms with Crippen LogP contribution in [0.5, 0.6) is 0 Å². The van der Waals surface area contributed by atoms with Gasteiger partial charge in [0, 0.05) is 13.2 Å². The molecule has 18 heavy (non-hydrogen) atoms. The lowest BCUT2D eigenvalue weighted by Crippen LogP contribution is -2.19. The van der Waals surface area contributed by atoms with Crippen molar-refractivity contribution in [2.45, 2.75) is 45.3 Å². The third kappa shape index (κ3) is 3.68. The molecular weight excluding hydrogens is 232 g/mol. The molecule has 1 aromatic heterocycles. The molecule has 1 aliphatic rings. The molecular formula is C12H22N4O2. The Bertz CT molecular complexity index is 350. The molecule has 6 heteroatoms. The summed E-state index contributed by atoms with van der Waals surface area (Å²) in [5, 5.41) is 14.5. The van der Waals surface area contributed by atoms with Gasteiger partial charge < -0.3 is 19.8 Å². The van der Waals surface area contributed by atoms with Gasteiger partial charge in [0.1, 0.15) is 0 Å². The van der Waals surface area contributed by atoms with E-state index in [-0.39, 0.29) is 12.1 Å². The highest BCUT2D eigenvalue weighted by Crippen LogP contribution is 2.16. The van der Waals surface area contributed by atoms with Crippen LogP contribution in [0.3, 0.4) is 0 Å². The summed E-state index contributed by atoms with van der Waals surface area (Å²) in [5.74, 6) is 0.623. The quantitative estimate of drug-likeness (QED) is 0.772.